The van der Waals surface area contributed by atoms with Gasteiger partial charge in [0.1, 0.15) is 29.9 Å². The fourth-order valence-electron chi connectivity index (χ4n) is 7.87. The summed E-state index contributed by atoms with van der Waals surface area (Å²) in [6.45, 7) is 2.84. The number of benzene rings is 2. The van der Waals surface area contributed by atoms with E-state index in [-0.39, 0.29) is 58.0 Å². The van der Waals surface area contributed by atoms with Crippen molar-refractivity contribution in [3.63, 3.8) is 0 Å². The number of halogens is 3. The van der Waals surface area contributed by atoms with Crippen LogP contribution in [0.4, 0.5) is 19.0 Å². The Morgan fingerprint density at radius 2 is 1.89 bits per heavy atom. The zero-order valence-corrected chi connectivity index (χ0v) is 24.0. The smallest absolute Gasteiger partial charge is 0.319 e. The molecule has 0 amide bonds. The lowest BCUT2D eigenvalue weighted by Gasteiger charge is -2.34. The Morgan fingerprint density at radius 1 is 1.07 bits per heavy atom. The van der Waals surface area contributed by atoms with Gasteiger partial charge in [-0.15, -0.1) is 6.42 Å². The van der Waals surface area contributed by atoms with Crippen molar-refractivity contribution in [2.24, 2.45) is 0 Å². The minimum atomic E-state index is -0.895. The van der Waals surface area contributed by atoms with E-state index in [1.165, 1.54) is 30.3 Å². The Bertz CT molecular complexity index is 1850. The number of aromatic hydroxyl groups is 1. The van der Waals surface area contributed by atoms with E-state index in [9.17, 15) is 13.9 Å². The van der Waals surface area contributed by atoms with Crippen LogP contribution in [-0.2, 0) is 0 Å². The monoisotopic (exact) mass is 600 g/mol. The van der Waals surface area contributed by atoms with E-state index >= 15 is 4.39 Å². The molecule has 44 heavy (non-hydrogen) atoms. The fraction of sp³-hybridized carbons (Fsp3) is 0.424. The van der Waals surface area contributed by atoms with Gasteiger partial charge in [0.05, 0.1) is 16.6 Å². The molecule has 6 heterocycles. The number of piperazine rings is 1. The van der Waals surface area contributed by atoms with Crippen LogP contribution in [0, 0.1) is 24.1 Å². The third-order valence-electron chi connectivity index (χ3n) is 9.82. The average Bonchev–Trinajstić information content (AvgIpc) is 3.65. The summed E-state index contributed by atoms with van der Waals surface area (Å²) in [7, 11) is 0. The molecule has 4 atom stereocenters. The molecule has 0 aliphatic carbocycles. The number of fused-ring (bicyclic) bond motifs is 5. The number of nitrogens with one attached hydrogen (secondary N) is 1. The normalized spacial score (nSPS) is 26.4. The van der Waals surface area contributed by atoms with Gasteiger partial charge in [-0.2, -0.15) is 14.4 Å². The van der Waals surface area contributed by atoms with Crippen LogP contribution in [0.3, 0.4) is 0 Å². The minimum absolute atomic E-state index is 0.00751. The first-order chi connectivity index (χ1) is 21.3. The van der Waals surface area contributed by atoms with Crippen LogP contribution in [0.15, 0.2) is 30.3 Å². The van der Waals surface area contributed by atoms with Gasteiger partial charge in [0.2, 0.25) is 5.95 Å². The molecule has 226 valence electrons. The van der Waals surface area contributed by atoms with E-state index in [4.69, 9.17) is 16.1 Å². The lowest BCUT2D eigenvalue weighted by atomic mass is 9.94. The molecule has 4 aliphatic rings. The summed E-state index contributed by atoms with van der Waals surface area (Å²) in [5, 5.41) is 14.9. The third kappa shape index (κ3) is 4.42. The zero-order valence-electron chi connectivity index (χ0n) is 24.0. The van der Waals surface area contributed by atoms with Crippen molar-refractivity contribution in [1.82, 2.24) is 25.2 Å². The van der Waals surface area contributed by atoms with Gasteiger partial charge >= 0.3 is 6.01 Å². The van der Waals surface area contributed by atoms with Gasteiger partial charge in [-0.1, -0.05) is 12.0 Å². The standard InChI is InChI=1S/C33H31F3N6O2/c1-2-23-26(35)7-4-18-10-22(43)11-24(28(18)23)25-12-27-29(39-30(25)36)31(41-15-20-5-6-21(16-41)37-20)40-32(38-27)44-17-33-8-3-9-42(33)14-19(34)13-33/h1,4,7,10-12,19-21,37,43H,3,5-6,8-9,13-17H2/t19-,20?,21?,33?/m1/s1. The highest BCUT2D eigenvalue weighted by molar-refractivity contribution is 6.03. The topological polar surface area (TPSA) is 86.6 Å². The van der Waals surface area contributed by atoms with Crippen molar-refractivity contribution in [3.8, 4) is 35.2 Å². The van der Waals surface area contributed by atoms with Crippen LogP contribution in [0.1, 0.15) is 37.7 Å². The van der Waals surface area contributed by atoms with Crippen LogP contribution in [-0.4, -0.2) is 81.5 Å². The molecule has 8 nitrogen and oxygen atoms in total. The second kappa shape index (κ2) is 10.2. The van der Waals surface area contributed by atoms with Gasteiger partial charge in [0, 0.05) is 49.1 Å². The molecule has 4 aromatic rings. The Kier molecular flexibility index (Phi) is 6.36. The maximum Gasteiger partial charge on any atom is 0.319 e. The van der Waals surface area contributed by atoms with Crippen molar-refractivity contribution in [3.05, 3.63) is 47.7 Å². The average molecular weight is 601 g/mol. The summed E-state index contributed by atoms with van der Waals surface area (Å²) >= 11 is 0. The van der Waals surface area contributed by atoms with Crippen LogP contribution in [0.5, 0.6) is 11.8 Å². The van der Waals surface area contributed by atoms with Crippen LogP contribution in [0.2, 0.25) is 0 Å². The van der Waals surface area contributed by atoms with E-state index in [0.717, 1.165) is 32.2 Å². The van der Waals surface area contributed by atoms with Gasteiger partial charge in [0.25, 0.3) is 0 Å². The van der Waals surface area contributed by atoms with Crippen LogP contribution >= 0.6 is 0 Å². The second-order valence-corrected chi connectivity index (χ2v) is 12.6. The number of alkyl halides is 1. The van der Waals surface area contributed by atoms with Gasteiger partial charge in [-0.3, -0.25) is 4.90 Å². The molecule has 2 N–H and O–H groups in total. The number of terminal acetylenes is 1. The molecular formula is C33H31F3N6O2. The summed E-state index contributed by atoms with van der Waals surface area (Å²) in [4.78, 5) is 18.1. The number of pyridine rings is 1. The Hall–Kier alpha value is -4.14. The molecule has 4 saturated heterocycles. The summed E-state index contributed by atoms with van der Waals surface area (Å²) in [5.74, 6) is 1.26. The maximum atomic E-state index is 16.1. The molecule has 3 unspecified atom stereocenters. The molecule has 4 fully saturated rings. The molecule has 2 aromatic carbocycles. The lowest BCUT2D eigenvalue weighted by Crippen LogP contribution is -2.51. The molecule has 2 aromatic heterocycles. The van der Waals surface area contributed by atoms with E-state index in [1.54, 1.807) is 0 Å². The SMILES string of the molecule is C#Cc1c(F)ccc2cc(O)cc(-c3cc4nc(OCC56CCCN5C[C@H](F)C6)nc(N5CC6CCC(C5)N6)c4nc3F)c12. The first kappa shape index (κ1) is 27.4. The number of rotatable bonds is 5. The summed E-state index contributed by atoms with van der Waals surface area (Å²) in [6.07, 6.45) is 9.09. The Labute approximate surface area is 252 Å². The fourth-order valence-corrected chi connectivity index (χ4v) is 7.87. The molecule has 0 saturated carbocycles. The predicted octanol–water partition coefficient (Wildman–Crippen LogP) is 4.71. The molecule has 11 heteroatoms. The first-order valence-corrected chi connectivity index (χ1v) is 15.1. The maximum absolute atomic E-state index is 16.1. The molecule has 0 spiro atoms. The predicted molar refractivity (Wildman–Crippen MR) is 160 cm³/mol. The number of aromatic nitrogens is 3. The van der Waals surface area contributed by atoms with Gasteiger partial charge in [-0.25, -0.2) is 13.8 Å². The molecule has 2 bridgehead atoms. The quantitative estimate of drug-likeness (QED) is 0.252. The van der Waals surface area contributed by atoms with E-state index in [1.807, 2.05) is 0 Å². The zero-order chi connectivity index (χ0) is 30.2. The third-order valence-corrected chi connectivity index (χ3v) is 9.82. The highest BCUT2D eigenvalue weighted by Crippen LogP contribution is 2.42. The molecular weight excluding hydrogens is 569 g/mol. The lowest BCUT2D eigenvalue weighted by molar-refractivity contribution is 0.107. The van der Waals surface area contributed by atoms with Crippen molar-refractivity contribution in [2.45, 2.75) is 55.9 Å². The molecule has 0 radical (unpaired) electrons. The number of phenolic OH excluding ortho intramolecular Hbond substituents is 1. The largest absolute Gasteiger partial charge is 0.508 e. The molecule has 8 rings (SSSR count). The summed E-state index contributed by atoms with van der Waals surface area (Å²) in [6, 6.07) is 7.72. The Balaban J connectivity index is 1.27. The van der Waals surface area contributed by atoms with Crippen molar-refractivity contribution in [1.29, 1.82) is 0 Å². The number of anilines is 1. The minimum Gasteiger partial charge on any atom is -0.508 e. The van der Waals surface area contributed by atoms with Gasteiger partial charge in [-0.05, 0) is 67.4 Å². The van der Waals surface area contributed by atoms with E-state index in [2.05, 4.69) is 31.0 Å². The summed E-state index contributed by atoms with van der Waals surface area (Å²) in [5.41, 5.74) is 0.379. The van der Waals surface area contributed by atoms with Gasteiger partial charge in [0.15, 0.2) is 5.82 Å². The van der Waals surface area contributed by atoms with Crippen LogP contribution in [0.25, 0.3) is 32.9 Å². The molecule has 4 aliphatic heterocycles. The highest BCUT2D eigenvalue weighted by Gasteiger charge is 2.49. The number of phenols is 1. The second-order valence-electron chi connectivity index (χ2n) is 12.6. The van der Waals surface area contributed by atoms with Gasteiger partial charge < -0.3 is 20.1 Å². The van der Waals surface area contributed by atoms with E-state index in [0.29, 0.717) is 42.8 Å². The van der Waals surface area contributed by atoms with Crippen molar-refractivity contribution in [2.75, 3.05) is 37.7 Å². The first-order valence-electron chi connectivity index (χ1n) is 15.1. The number of nitrogens with zero attached hydrogens (tertiary/aromatic N) is 5. The summed E-state index contributed by atoms with van der Waals surface area (Å²) < 4.78 is 51.5. The van der Waals surface area contributed by atoms with Crippen LogP contribution < -0.4 is 15.0 Å². The number of ether oxygens (including phenoxy) is 1. The number of hydrogen-bond donors (Lipinski definition) is 2. The number of hydrogen-bond acceptors (Lipinski definition) is 8. The van der Waals surface area contributed by atoms with Crippen molar-refractivity contribution >= 4 is 27.6 Å². The van der Waals surface area contributed by atoms with E-state index < -0.39 is 23.5 Å². The highest BCUT2D eigenvalue weighted by atomic mass is 19.1. The van der Waals surface area contributed by atoms with Crippen molar-refractivity contribution < 1.29 is 23.0 Å². The Morgan fingerprint density at radius 3 is 2.68 bits per heavy atom.